The molecule has 1 aromatic carbocycles. The molecule has 1 heterocycles. The summed E-state index contributed by atoms with van der Waals surface area (Å²) < 4.78 is 17.0. The van der Waals surface area contributed by atoms with Crippen LogP contribution < -0.4 is 20.5 Å². The summed E-state index contributed by atoms with van der Waals surface area (Å²) in [7, 11) is 0. The minimum Gasteiger partial charge on any atom is -0.507 e. The van der Waals surface area contributed by atoms with Crippen LogP contribution in [0.1, 0.15) is 90.0 Å². The maximum absolute atomic E-state index is 12.7. The van der Waals surface area contributed by atoms with Crippen LogP contribution in [0.3, 0.4) is 0 Å². The lowest BCUT2D eigenvalue weighted by molar-refractivity contribution is -0.147. The highest BCUT2D eigenvalue weighted by atomic mass is 16.6. The van der Waals surface area contributed by atoms with Crippen molar-refractivity contribution in [3.63, 3.8) is 0 Å². The Bertz CT molecular complexity index is 1120. The number of allylic oxidation sites excluding steroid dienone is 2. The van der Waals surface area contributed by atoms with E-state index in [4.69, 9.17) is 19.9 Å². The monoisotopic (exact) mass is 540 g/mol. The lowest BCUT2D eigenvalue weighted by atomic mass is 9.72. The van der Waals surface area contributed by atoms with Crippen LogP contribution in [0.25, 0.3) is 0 Å². The van der Waals surface area contributed by atoms with Crippen molar-refractivity contribution in [2.24, 2.45) is 17.1 Å². The van der Waals surface area contributed by atoms with Gasteiger partial charge in [-0.3, -0.25) is 4.79 Å². The molecule has 1 aliphatic heterocycles. The molecule has 39 heavy (non-hydrogen) atoms. The van der Waals surface area contributed by atoms with E-state index in [1.807, 2.05) is 13.8 Å². The van der Waals surface area contributed by atoms with Gasteiger partial charge in [0, 0.05) is 35.6 Å². The third kappa shape index (κ3) is 7.15. The Morgan fingerprint density at radius 2 is 2.00 bits per heavy atom. The van der Waals surface area contributed by atoms with Crippen LogP contribution in [-0.2, 0) is 9.53 Å². The number of nitrogens with two attached hydrogens (primary N) is 1. The third-order valence-electron chi connectivity index (χ3n) is 8.62. The highest BCUT2D eigenvalue weighted by Gasteiger charge is 2.35. The summed E-state index contributed by atoms with van der Waals surface area (Å²) in [5.74, 6) is 0.655. The van der Waals surface area contributed by atoms with Crippen molar-refractivity contribution < 1.29 is 28.9 Å². The van der Waals surface area contributed by atoms with Crippen molar-refractivity contribution in [2.45, 2.75) is 90.0 Å². The number of carbonyl (C=O) groups excluding carboxylic acids is 2. The summed E-state index contributed by atoms with van der Waals surface area (Å²) in [5.41, 5.74) is 8.15. The maximum atomic E-state index is 12.7. The molecule has 8 nitrogen and oxygen atoms in total. The van der Waals surface area contributed by atoms with Crippen molar-refractivity contribution in [2.75, 3.05) is 19.8 Å². The van der Waals surface area contributed by atoms with Gasteiger partial charge in [0.25, 0.3) is 0 Å². The number of fused-ring (bicyclic) bond motifs is 3. The molecule has 0 radical (unpaired) electrons. The number of aromatic hydroxyl groups is 1. The first kappa shape index (κ1) is 29.0. The van der Waals surface area contributed by atoms with E-state index in [2.05, 4.69) is 24.9 Å². The van der Waals surface area contributed by atoms with E-state index in [1.165, 1.54) is 18.1 Å². The Hall–Kier alpha value is -3.00. The largest absolute Gasteiger partial charge is 0.507 e. The predicted octanol–water partition coefficient (Wildman–Crippen LogP) is 5.88. The summed E-state index contributed by atoms with van der Waals surface area (Å²) >= 11 is 0. The molecular weight excluding hydrogens is 496 g/mol. The van der Waals surface area contributed by atoms with Gasteiger partial charge in [-0.15, -0.1) is 0 Å². The first-order valence-corrected chi connectivity index (χ1v) is 14.2. The Morgan fingerprint density at radius 1 is 1.26 bits per heavy atom. The van der Waals surface area contributed by atoms with Crippen LogP contribution in [0.5, 0.6) is 17.2 Å². The molecule has 1 amide bonds. The molecular formula is C31H44N2O6. The summed E-state index contributed by atoms with van der Waals surface area (Å²) in [6.07, 6.45) is 9.56. The van der Waals surface area contributed by atoms with E-state index in [-0.39, 0.29) is 41.3 Å². The van der Waals surface area contributed by atoms with Crippen LogP contribution in [0, 0.1) is 11.3 Å². The van der Waals surface area contributed by atoms with E-state index in [1.54, 1.807) is 6.07 Å². The second-order valence-electron chi connectivity index (χ2n) is 12.3. The molecule has 8 heteroatoms. The zero-order chi connectivity index (χ0) is 28.2. The van der Waals surface area contributed by atoms with Crippen molar-refractivity contribution >= 4 is 12.1 Å². The van der Waals surface area contributed by atoms with Crippen LogP contribution in [-0.4, -0.2) is 42.5 Å². The molecule has 0 saturated heterocycles. The Kier molecular flexibility index (Phi) is 8.94. The maximum Gasteiger partial charge on any atom is 0.413 e. The van der Waals surface area contributed by atoms with Crippen molar-refractivity contribution in [1.29, 1.82) is 0 Å². The molecule has 2 aliphatic carbocycles. The van der Waals surface area contributed by atoms with Gasteiger partial charge < -0.3 is 30.4 Å². The van der Waals surface area contributed by atoms with Crippen molar-refractivity contribution in [3.8, 4) is 17.2 Å². The fourth-order valence-electron chi connectivity index (χ4n) is 6.19. The lowest BCUT2D eigenvalue weighted by Gasteiger charge is -2.35. The molecule has 2 atom stereocenters. The van der Waals surface area contributed by atoms with Gasteiger partial charge in [-0.2, -0.15) is 0 Å². The van der Waals surface area contributed by atoms with Crippen molar-refractivity contribution in [3.05, 3.63) is 41.5 Å². The number of benzene rings is 1. The summed E-state index contributed by atoms with van der Waals surface area (Å²) in [6.45, 7) is 11.0. The normalized spacial score (nSPS) is 22.4. The summed E-state index contributed by atoms with van der Waals surface area (Å²) in [5, 5.41) is 13.8. The fraction of sp³-hybridized carbons (Fsp3) is 0.613. The van der Waals surface area contributed by atoms with Crippen LogP contribution in [0.2, 0.25) is 0 Å². The molecule has 0 aromatic heterocycles. The van der Waals surface area contributed by atoms with Gasteiger partial charge in [0.2, 0.25) is 0 Å². The highest BCUT2D eigenvalue weighted by Crippen LogP contribution is 2.49. The quantitative estimate of drug-likeness (QED) is 0.278. The zero-order valence-electron chi connectivity index (χ0n) is 23.6. The number of hydrogen-bond acceptors (Lipinski definition) is 7. The minimum absolute atomic E-state index is 0.0221. The standard InChI is InChI=1S/C31H44N2O6/c1-20-8-9-23-21(2)18-38-26-16-22(15-25(34)28(26)24(23)14-20)39-29(36)33-30(3,4)12-13-37-27(35)17-31(19-32)10-6-5-7-11-31/h14-16,23-24,34H,2,5-13,17-19,32H2,1,3-4H3,(H,33,36)/t23-,24+/m0/s1. The molecule has 214 valence electrons. The second-order valence-corrected chi connectivity index (χ2v) is 12.3. The van der Waals surface area contributed by atoms with E-state index < -0.39 is 11.6 Å². The first-order valence-electron chi connectivity index (χ1n) is 14.2. The molecule has 0 unspecified atom stereocenters. The van der Waals surface area contributed by atoms with E-state index in [9.17, 15) is 14.7 Å². The minimum atomic E-state index is -0.687. The molecule has 1 fully saturated rings. The smallest absolute Gasteiger partial charge is 0.413 e. The number of carbonyl (C=O) groups is 2. The van der Waals surface area contributed by atoms with Gasteiger partial charge >= 0.3 is 12.1 Å². The molecule has 0 spiro atoms. The number of ether oxygens (including phenoxy) is 3. The highest BCUT2D eigenvalue weighted by molar-refractivity contribution is 5.72. The van der Waals surface area contributed by atoms with Gasteiger partial charge in [0.05, 0.1) is 13.0 Å². The summed E-state index contributed by atoms with van der Waals surface area (Å²) in [4.78, 5) is 25.2. The average molecular weight is 541 g/mol. The fourth-order valence-corrected chi connectivity index (χ4v) is 6.19. The van der Waals surface area contributed by atoms with Crippen LogP contribution in [0.15, 0.2) is 35.9 Å². The lowest BCUT2D eigenvalue weighted by Crippen LogP contribution is -2.45. The van der Waals surface area contributed by atoms with Crippen molar-refractivity contribution in [1.82, 2.24) is 5.32 Å². The third-order valence-corrected chi connectivity index (χ3v) is 8.62. The topological polar surface area (TPSA) is 120 Å². The second kappa shape index (κ2) is 12.0. The Labute approximate surface area is 232 Å². The molecule has 1 saturated carbocycles. The summed E-state index contributed by atoms with van der Waals surface area (Å²) in [6, 6.07) is 3.10. The van der Waals surface area contributed by atoms with Gasteiger partial charge in [-0.1, -0.05) is 37.5 Å². The number of amides is 1. The van der Waals surface area contributed by atoms with Gasteiger partial charge in [-0.25, -0.2) is 4.79 Å². The van der Waals surface area contributed by atoms with E-state index in [0.29, 0.717) is 37.3 Å². The Balaban J connectivity index is 1.32. The molecule has 4 rings (SSSR count). The van der Waals surface area contributed by atoms with Crippen LogP contribution >= 0.6 is 0 Å². The average Bonchev–Trinajstić information content (AvgIpc) is 3.00. The number of rotatable bonds is 8. The van der Waals surface area contributed by atoms with E-state index >= 15 is 0 Å². The number of nitrogens with one attached hydrogen (secondary N) is 1. The zero-order valence-corrected chi connectivity index (χ0v) is 23.6. The van der Waals surface area contributed by atoms with Gasteiger partial charge in [-0.05, 0) is 69.9 Å². The molecule has 3 aliphatic rings. The first-order chi connectivity index (χ1) is 18.5. The molecule has 4 N–H and O–H groups in total. The van der Waals surface area contributed by atoms with E-state index in [0.717, 1.165) is 44.1 Å². The number of phenolic OH excluding ortho intramolecular Hbond substituents is 1. The van der Waals surface area contributed by atoms with Gasteiger partial charge in [0.15, 0.2) is 0 Å². The molecule has 0 bridgehead atoms. The number of hydrogen-bond donors (Lipinski definition) is 3. The van der Waals surface area contributed by atoms with Gasteiger partial charge in [0.1, 0.15) is 23.9 Å². The van der Waals surface area contributed by atoms with Crippen LogP contribution in [0.4, 0.5) is 4.79 Å². The SMILES string of the molecule is C=C1COc2cc(OC(=O)NC(C)(C)CCOC(=O)CC3(CN)CCCCC3)cc(O)c2[C@@H]2C=C(C)CC[C@@H]12. The number of esters is 1. The predicted molar refractivity (Wildman–Crippen MR) is 150 cm³/mol. The Morgan fingerprint density at radius 3 is 2.72 bits per heavy atom. The molecule has 1 aromatic rings. The number of phenols is 1.